The first-order valence-electron chi connectivity index (χ1n) is 8.66. The SMILES string of the molecule is CC(=O)NCC(=O)N1C[C@@H](N(C)Cc2cncnc2)[C@H]2OCCC[C@H]21. The maximum Gasteiger partial charge on any atom is 0.242 e. The van der Waals surface area contributed by atoms with E-state index in [1.165, 1.54) is 13.3 Å². The number of amides is 2. The van der Waals surface area contributed by atoms with E-state index in [2.05, 4.69) is 20.2 Å². The van der Waals surface area contributed by atoms with E-state index in [0.29, 0.717) is 13.1 Å². The highest BCUT2D eigenvalue weighted by Crippen LogP contribution is 2.31. The summed E-state index contributed by atoms with van der Waals surface area (Å²) in [7, 11) is 2.04. The third-order valence-corrected chi connectivity index (χ3v) is 4.92. The lowest BCUT2D eigenvalue weighted by atomic mass is 10.00. The average Bonchev–Trinajstić information content (AvgIpc) is 3.00. The Kier molecular flexibility index (Phi) is 5.60. The van der Waals surface area contributed by atoms with Crippen LogP contribution in [0.4, 0.5) is 0 Å². The van der Waals surface area contributed by atoms with Gasteiger partial charge in [0.1, 0.15) is 6.33 Å². The van der Waals surface area contributed by atoms with Crippen LogP contribution in [-0.4, -0.2) is 76.5 Å². The monoisotopic (exact) mass is 347 g/mol. The summed E-state index contributed by atoms with van der Waals surface area (Å²) < 4.78 is 6.03. The van der Waals surface area contributed by atoms with Crippen molar-refractivity contribution in [2.75, 3.05) is 26.7 Å². The van der Waals surface area contributed by atoms with Crippen molar-refractivity contribution in [3.8, 4) is 0 Å². The van der Waals surface area contributed by atoms with Gasteiger partial charge in [0.05, 0.1) is 24.7 Å². The summed E-state index contributed by atoms with van der Waals surface area (Å²) in [6.45, 7) is 3.50. The third kappa shape index (κ3) is 4.13. The Morgan fingerprint density at radius 1 is 1.40 bits per heavy atom. The molecule has 2 aliphatic heterocycles. The second-order valence-electron chi connectivity index (χ2n) is 6.73. The number of hydrogen-bond acceptors (Lipinski definition) is 6. The number of likely N-dealkylation sites (tertiary alicyclic amines) is 1. The molecule has 136 valence electrons. The van der Waals surface area contributed by atoms with E-state index in [4.69, 9.17) is 4.74 Å². The van der Waals surface area contributed by atoms with E-state index in [0.717, 1.165) is 25.0 Å². The van der Waals surface area contributed by atoms with Gasteiger partial charge in [-0.15, -0.1) is 0 Å². The van der Waals surface area contributed by atoms with Gasteiger partial charge in [0, 0.05) is 44.6 Å². The number of ether oxygens (including phenoxy) is 1. The predicted molar refractivity (Wildman–Crippen MR) is 90.4 cm³/mol. The quantitative estimate of drug-likeness (QED) is 0.794. The summed E-state index contributed by atoms with van der Waals surface area (Å²) >= 11 is 0. The van der Waals surface area contributed by atoms with Gasteiger partial charge in [-0.3, -0.25) is 14.5 Å². The number of carbonyl (C=O) groups is 2. The van der Waals surface area contributed by atoms with Crippen molar-refractivity contribution >= 4 is 11.8 Å². The Balaban J connectivity index is 1.69. The molecule has 3 heterocycles. The van der Waals surface area contributed by atoms with Gasteiger partial charge in [0.2, 0.25) is 11.8 Å². The van der Waals surface area contributed by atoms with Crippen LogP contribution in [0.5, 0.6) is 0 Å². The highest BCUT2D eigenvalue weighted by atomic mass is 16.5. The standard InChI is InChI=1S/C17H25N5O3/c1-12(23)20-8-16(24)22-10-15(17-14(22)4-3-5-25-17)21(2)9-13-6-18-11-19-7-13/h6-7,11,14-15,17H,3-5,8-10H2,1-2H3,(H,20,23)/t14-,15-,17+/m1/s1. The zero-order valence-electron chi connectivity index (χ0n) is 14.7. The molecule has 25 heavy (non-hydrogen) atoms. The lowest BCUT2D eigenvalue weighted by Crippen LogP contribution is -2.47. The molecule has 3 atom stereocenters. The lowest BCUT2D eigenvalue weighted by Gasteiger charge is -2.34. The Morgan fingerprint density at radius 3 is 2.88 bits per heavy atom. The van der Waals surface area contributed by atoms with Gasteiger partial charge in [-0.05, 0) is 19.9 Å². The molecular formula is C17H25N5O3. The molecule has 2 aliphatic rings. The first-order chi connectivity index (χ1) is 12.1. The van der Waals surface area contributed by atoms with Crippen LogP contribution in [0.3, 0.4) is 0 Å². The summed E-state index contributed by atoms with van der Waals surface area (Å²) in [5, 5.41) is 2.60. The molecule has 0 spiro atoms. The molecule has 2 saturated heterocycles. The van der Waals surface area contributed by atoms with E-state index in [1.54, 1.807) is 12.4 Å². The van der Waals surface area contributed by atoms with Crippen molar-refractivity contribution in [2.45, 2.75) is 44.5 Å². The molecule has 0 aliphatic carbocycles. The zero-order chi connectivity index (χ0) is 17.8. The number of hydrogen-bond donors (Lipinski definition) is 1. The van der Waals surface area contributed by atoms with Crippen molar-refractivity contribution in [3.05, 3.63) is 24.3 Å². The third-order valence-electron chi connectivity index (χ3n) is 4.92. The van der Waals surface area contributed by atoms with Crippen molar-refractivity contribution in [1.82, 2.24) is 25.1 Å². The number of likely N-dealkylation sites (N-methyl/N-ethyl adjacent to an activating group) is 1. The summed E-state index contributed by atoms with van der Waals surface area (Å²) in [6, 6.07) is 0.196. The predicted octanol–water partition coefficient (Wildman–Crippen LogP) is -0.197. The minimum Gasteiger partial charge on any atom is -0.374 e. The second-order valence-corrected chi connectivity index (χ2v) is 6.73. The minimum absolute atomic E-state index is 0.00431. The van der Waals surface area contributed by atoms with E-state index in [-0.39, 0.29) is 36.5 Å². The Labute approximate surface area is 147 Å². The highest BCUT2D eigenvalue weighted by molar-refractivity contribution is 5.84. The Bertz CT molecular complexity index is 612. The fourth-order valence-corrected chi connectivity index (χ4v) is 3.72. The van der Waals surface area contributed by atoms with E-state index in [9.17, 15) is 9.59 Å². The van der Waals surface area contributed by atoms with Gasteiger partial charge in [0.25, 0.3) is 0 Å². The lowest BCUT2D eigenvalue weighted by molar-refractivity contribution is -0.135. The highest BCUT2D eigenvalue weighted by Gasteiger charge is 2.47. The van der Waals surface area contributed by atoms with Gasteiger partial charge in [-0.1, -0.05) is 0 Å². The molecule has 1 aromatic heterocycles. The molecule has 0 saturated carbocycles. The molecule has 2 amide bonds. The van der Waals surface area contributed by atoms with E-state index < -0.39 is 0 Å². The molecule has 8 nitrogen and oxygen atoms in total. The molecule has 3 rings (SSSR count). The number of nitrogens with one attached hydrogen (secondary N) is 1. The van der Waals surface area contributed by atoms with E-state index in [1.807, 2.05) is 11.9 Å². The van der Waals surface area contributed by atoms with E-state index >= 15 is 0 Å². The second kappa shape index (κ2) is 7.88. The van der Waals surface area contributed by atoms with Crippen LogP contribution in [0, 0.1) is 0 Å². The van der Waals surface area contributed by atoms with Crippen molar-refractivity contribution in [2.24, 2.45) is 0 Å². The molecule has 1 N–H and O–H groups in total. The van der Waals surface area contributed by atoms with Crippen molar-refractivity contribution in [1.29, 1.82) is 0 Å². The number of nitrogens with zero attached hydrogens (tertiary/aromatic N) is 4. The van der Waals surface area contributed by atoms with Gasteiger partial charge >= 0.3 is 0 Å². The number of carbonyl (C=O) groups excluding carboxylic acids is 2. The Morgan fingerprint density at radius 2 is 2.16 bits per heavy atom. The summed E-state index contributed by atoms with van der Waals surface area (Å²) in [5.41, 5.74) is 1.03. The molecule has 0 radical (unpaired) electrons. The maximum absolute atomic E-state index is 12.5. The molecule has 0 unspecified atom stereocenters. The van der Waals surface area contributed by atoms with Crippen LogP contribution in [0.2, 0.25) is 0 Å². The van der Waals surface area contributed by atoms with Gasteiger partial charge in [-0.25, -0.2) is 9.97 Å². The fourth-order valence-electron chi connectivity index (χ4n) is 3.72. The first kappa shape index (κ1) is 17.8. The maximum atomic E-state index is 12.5. The molecule has 8 heteroatoms. The molecule has 1 aromatic rings. The van der Waals surface area contributed by atoms with Gasteiger partial charge in [-0.2, -0.15) is 0 Å². The number of aromatic nitrogens is 2. The normalized spacial score (nSPS) is 25.7. The average molecular weight is 347 g/mol. The first-order valence-corrected chi connectivity index (χ1v) is 8.66. The largest absolute Gasteiger partial charge is 0.374 e. The van der Waals surface area contributed by atoms with Crippen molar-refractivity contribution < 1.29 is 14.3 Å². The summed E-state index contributed by atoms with van der Waals surface area (Å²) in [4.78, 5) is 35.8. The minimum atomic E-state index is -0.193. The fraction of sp³-hybridized carbons (Fsp3) is 0.647. The summed E-state index contributed by atoms with van der Waals surface area (Å²) in [5.74, 6) is -0.239. The van der Waals surface area contributed by atoms with Crippen LogP contribution in [0.25, 0.3) is 0 Å². The summed E-state index contributed by atoms with van der Waals surface area (Å²) in [6.07, 6.45) is 7.02. The number of rotatable bonds is 5. The zero-order valence-corrected chi connectivity index (χ0v) is 14.7. The van der Waals surface area contributed by atoms with Crippen LogP contribution in [0.1, 0.15) is 25.3 Å². The smallest absolute Gasteiger partial charge is 0.242 e. The topological polar surface area (TPSA) is 87.7 Å². The molecular weight excluding hydrogens is 322 g/mol. The molecule has 0 bridgehead atoms. The van der Waals surface area contributed by atoms with Crippen LogP contribution in [-0.2, 0) is 20.9 Å². The Hall–Kier alpha value is -2.06. The number of fused-ring (bicyclic) bond motifs is 1. The van der Waals surface area contributed by atoms with Crippen LogP contribution < -0.4 is 5.32 Å². The molecule has 2 fully saturated rings. The van der Waals surface area contributed by atoms with Crippen LogP contribution in [0.15, 0.2) is 18.7 Å². The van der Waals surface area contributed by atoms with Gasteiger partial charge < -0.3 is 15.0 Å². The van der Waals surface area contributed by atoms with Crippen molar-refractivity contribution in [3.63, 3.8) is 0 Å². The van der Waals surface area contributed by atoms with Gasteiger partial charge in [0.15, 0.2) is 0 Å². The van der Waals surface area contributed by atoms with Crippen LogP contribution >= 0.6 is 0 Å². The molecule has 0 aromatic carbocycles.